The number of anilines is 1. The Bertz CT molecular complexity index is 250. The molecule has 0 aromatic carbocycles. The van der Waals surface area contributed by atoms with Crippen molar-refractivity contribution in [2.45, 2.75) is 45.1 Å². The Morgan fingerprint density at radius 1 is 1.36 bits per heavy atom. The van der Waals surface area contributed by atoms with Gasteiger partial charge in [-0.3, -0.25) is 0 Å². The van der Waals surface area contributed by atoms with E-state index in [4.69, 9.17) is 0 Å². The van der Waals surface area contributed by atoms with E-state index in [1.807, 2.05) is 0 Å². The SMILES string of the molecule is CCC1CCC(Nc2nn[nH]n2)CC1. The van der Waals surface area contributed by atoms with Crippen LogP contribution >= 0.6 is 0 Å². The lowest BCUT2D eigenvalue weighted by atomic mass is 9.85. The van der Waals surface area contributed by atoms with E-state index >= 15 is 0 Å². The van der Waals surface area contributed by atoms with Crippen LogP contribution in [0.25, 0.3) is 0 Å². The molecule has 1 aliphatic rings. The van der Waals surface area contributed by atoms with Gasteiger partial charge in [0.05, 0.1) is 0 Å². The number of nitrogens with zero attached hydrogens (tertiary/aromatic N) is 3. The number of hydrogen-bond acceptors (Lipinski definition) is 4. The fraction of sp³-hybridized carbons (Fsp3) is 0.889. The Kier molecular flexibility index (Phi) is 2.96. The molecule has 1 saturated carbocycles. The number of aromatic amines is 1. The quantitative estimate of drug-likeness (QED) is 0.768. The van der Waals surface area contributed by atoms with Crippen molar-refractivity contribution in [2.24, 2.45) is 5.92 Å². The molecule has 2 N–H and O–H groups in total. The summed E-state index contributed by atoms with van der Waals surface area (Å²) in [5.41, 5.74) is 0. The van der Waals surface area contributed by atoms with E-state index in [0.717, 1.165) is 5.92 Å². The molecule has 1 heterocycles. The highest BCUT2D eigenvalue weighted by Crippen LogP contribution is 2.27. The summed E-state index contributed by atoms with van der Waals surface area (Å²) in [6, 6.07) is 0.537. The van der Waals surface area contributed by atoms with Crippen LogP contribution in [-0.4, -0.2) is 26.7 Å². The van der Waals surface area contributed by atoms with Crippen LogP contribution in [0.5, 0.6) is 0 Å². The van der Waals surface area contributed by atoms with Crippen molar-refractivity contribution in [3.8, 4) is 0 Å². The Morgan fingerprint density at radius 3 is 2.71 bits per heavy atom. The van der Waals surface area contributed by atoms with Gasteiger partial charge < -0.3 is 5.32 Å². The average molecular weight is 195 g/mol. The summed E-state index contributed by atoms with van der Waals surface area (Å²) in [7, 11) is 0. The first-order valence-electron chi connectivity index (χ1n) is 5.38. The van der Waals surface area contributed by atoms with Crippen LogP contribution < -0.4 is 5.32 Å². The lowest BCUT2D eigenvalue weighted by Crippen LogP contribution is -2.26. The van der Waals surface area contributed by atoms with Gasteiger partial charge in [-0.2, -0.15) is 5.21 Å². The molecule has 1 fully saturated rings. The lowest BCUT2D eigenvalue weighted by molar-refractivity contribution is 0.329. The fourth-order valence-electron chi connectivity index (χ4n) is 2.12. The van der Waals surface area contributed by atoms with E-state index in [0.29, 0.717) is 12.0 Å². The molecule has 0 saturated heterocycles. The maximum Gasteiger partial charge on any atom is 0.263 e. The van der Waals surface area contributed by atoms with Crippen molar-refractivity contribution in [1.82, 2.24) is 20.6 Å². The van der Waals surface area contributed by atoms with E-state index < -0.39 is 0 Å². The van der Waals surface area contributed by atoms with Crippen LogP contribution in [-0.2, 0) is 0 Å². The largest absolute Gasteiger partial charge is 0.349 e. The van der Waals surface area contributed by atoms with Crippen molar-refractivity contribution in [1.29, 1.82) is 0 Å². The van der Waals surface area contributed by atoms with E-state index in [9.17, 15) is 0 Å². The maximum absolute atomic E-state index is 3.89. The average Bonchev–Trinajstić information content (AvgIpc) is 2.72. The number of H-pyrrole nitrogens is 1. The second-order valence-corrected chi connectivity index (χ2v) is 4.01. The molecular weight excluding hydrogens is 178 g/mol. The molecule has 1 aliphatic carbocycles. The summed E-state index contributed by atoms with van der Waals surface area (Å²) in [5, 5.41) is 17.0. The smallest absolute Gasteiger partial charge is 0.263 e. The van der Waals surface area contributed by atoms with Gasteiger partial charge in [0.15, 0.2) is 0 Å². The lowest BCUT2D eigenvalue weighted by Gasteiger charge is -2.27. The molecule has 0 bridgehead atoms. The normalized spacial score (nSPS) is 27.5. The van der Waals surface area contributed by atoms with Crippen LogP contribution in [0.1, 0.15) is 39.0 Å². The third-order valence-corrected chi connectivity index (χ3v) is 3.10. The highest BCUT2D eigenvalue weighted by atomic mass is 15.5. The minimum atomic E-state index is 0.537. The van der Waals surface area contributed by atoms with Gasteiger partial charge >= 0.3 is 0 Å². The second kappa shape index (κ2) is 4.39. The molecular formula is C9H17N5. The van der Waals surface area contributed by atoms with Gasteiger partial charge in [-0.1, -0.05) is 18.4 Å². The van der Waals surface area contributed by atoms with E-state index in [2.05, 4.69) is 32.9 Å². The van der Waals surface area contributed by atoms with Gasteiger partial charge in [0.25, 0.3) is 5.95 Å². The van der Waals surface area contributed by atoms with Crippen molar-refractivity contribution >= 4 is 5.95 Å². The van der Waals surface area contributed by atoms with Crippen LogP contribution in [0.15, 0.2) is 0 Å². The van der Waals surface area contributed by atoms with E-state index in [1.165, 1.54) is 32.1 Å². The highest BCUT2D eigenvalue weighted by molar-refractivity contribution is 5.21. The van der Waals surface area contributed by atoms with Gasteiger partial charge in [0, 0.05) is 6.04 Å². The summed E-state index contributed by atoms with van der Waals surface area (Å²) in [6.07, 6.45) is 6.42. The molecule has 0 amide bonds. The van der Waals surface area contributed by atoms with Crippen molar-refractivity contribution < 1.29 is 0 Å². The zero-order chi connectivity index (χ0) is 9.80. The first kappa shape index (κ1) is 9.43. The van der Waals surface area contributed by atoms with E-state index in [-0.39, 0.29) is 0 Å². The number of tetrazole rings is 1. The predicted octanol–water partition coefficient (Wildman–Crippen LogP) is 1.58. The Morgan fingerprint density at radius 2 is 2.14 bits per heavy atom. The molecule has 0 unspecified atom stereocenters. The summed E-state index contributed by atoms with van der Waals surface area (Å²) in [5.74, 6) is 1.56. The summed E-state index contributed by atoms with van der Waals surface area (Å²) in [6.45, 7) is 2.28. The Hall–Kier alpha value is -1.13. The zero-order valence-electron chi connectivity index (χ0n) is 8.53. The Labute approximate surface area is 83.7 Å². The molecule has 78 valence electrons. The third-order valence-electron chi connectivity index (χ3n) is 3.10. The van der Waals surface area contributed by atoms with Crippen LogP contribution in [0.3, 0.4) is 0 Å². The highest BCUT2D eigenvalue weighted by Gasteiger charge is 2.20. The first-order valence-corrected chi connectivity index (χ1v) is 5.38. The van der Waals surface area contributed by atoms with Gasteiger partial charge in [-0.15, -0.1) is 5.10 Å². The van der Waals surface area contributed by atoms with Gasteiger partial charge in [0.2, 0.25) is 0 Å². The molecule has 2 rings (SSSR count). The van der Waals surface area contributed by atoms with Crippen molar-refractivity contribution in [3.63, 3.8) is 0 Å². The predicted molar refractivity (Wildman–Crippen MR) is 53.8 cm³/mol. The summed E-state index contributed by atoms with van der Waals surface area (Å²) >= 11 is 0. The van der Waals surface area contributed by atoms with Crippen LogP contribution in [0, 0.1) is 5.92 Å². The minimum Gasteiger partial charge on any atom is -0.349 e. The van der Waals surface area contributed by atoms with E-state index in [1.54, 1.807) is 0 Å². The van der Waals surface area contributed by atoms with Crippen molar-refractivity contribution in [2.75, 3.05) is 5.32 Å². The number of nitrogens with one attached hydrogen (secondary N) is 2. The molecule has 0 spiro atoms. The first-order chi connectivity index (χ1) is 6.88. The van der Waals surface area contributed by atoms with Crippen molar-refractivity contribution in [3.05, 3.63) is 0 Å². The molecule has 1 aromatic heterocycles. The van der Waals surface area contributed by atoms with Gasteiger partial charge in [-0.25, -0.2) is 0 Å². The molecule has 0 radical (unpaired) electrons. The minimum absolute atomic E-state index is 0.537. The molecule has 1 aromatic rings. The number of aromatic nitrogens is 4. The molecule has 0 aliphatic heterocycles. The topological polar surface area (TPSA) is 66.5 Å². The zero-order valence-corrected chi connectivity index (χ0v) is 8.53. The maximum atomic E-state index is 3.89. The number of rotatable bonds is 3. The fourth-order valence-corrected chi connectivity index (χ4v) is 2.12. The van der Waals surface area contributed by atoms with Gasteiger partial charge in [0.1, 0.15) is 0 Å². The summed E-state index contributed by atoms with van der Waals surface area (Å²) in [4.78, 5) is 0. The Balaban J connectivity index is 1.79. The molecule has 5 heteroatoms. The van der Waals surface area contributed by atoms with Crippen LogP contribution in [0.4, 0.5) is 5.95 Å². The molecule has 0 atom stereocenters. The number of hydrogen-bond donors (Lipinski definition) is 2. The standard InChI is InChI=1S/C9H17N5/c1-2-7-3-5-8(6-4-7)10-9-11-13-14-12-9/h7-8H,2-6H2,1H3,(H2,10,11,12,13,14). The van der Waals surface area contributed by atoms with Crippen LogP contribution in [0.2, 0.25) is 0 Å². The molecule has 5 nitrogen and oxygen atoms in total. The monoisotopic (exact) mass is 195 g/mol. The summed E-state index contributed by atoms with van der Waals surface area (Å²) < 4.78 is 0. The van der Waals surface area contributed by atoms with Gasteiger partial charge in [-0.05, 0) is 36.8 Å². The second-order valence-electron chi connectivity index (χ2n) is 4.01. The third kappa shape index (κ3) is 2.21. The molecule has 14 heavy (non-hydrogen) atoms.